The molecule has 2 N–H and O–H groups in total. The predicted molar refractivity (Wildman–Crippen MR) is 90.0 cm³/mol. The number of aryl methyl sites for hydroxylation is 2. The zero-order valence-electron chi connectivity index (χ0n) is 13.9. The Bertz CT molecular complexity index is 1090. The van der Waals surface area contributed by atoms with E-state index in [1.807, 2.05) is 10.8 Å². The quantitative estimate of drug-likeness (QED) is 0.601. The number of halogens is 3. The summed E-state index contributed by atoms with van der Waals surface area (Å²) in [6, 6.07) is 3.60. The van der Waals surface area contributed by atoms with Gasteiger partial charge in [-0.3, -0.25) is 9.20 Å². The molecular formula is C15H17F3N4O3S. The van der Waals surface area contributed by atoms with Crippen LogP contribution in [0.3, 0.4) is 0 Å². The third-order valence-electron chi connectivity index (χ3n) is 4.03. The molecule has 0 atom stereocenters. The van der Waals surface area contributed by atoms with E-state index >= 15 is 0 Å². The lowest BCUT2D eigenvalue weighted by molar-refractivity contribution is -0.106. The smallest absolute Gasteiger partial charge is 0.306 e. The van der Waals surface area contributed by atoms with Crippen molar-refractivity contribution < 1.29 is 21.6 Å². The van der Waals surface area contributed by atoms with Gasteiger partial charge in [0, 0.05) is 6.54 Å². The number of aromatic amines is 1. The van der Waals surface area contributed by atoms with Crippen molar-refractivity contribution in [3.8, 4) is 0 Å². The second-order valence-electron chi connectivity index (χ2n) is 6.13. The van der Waals surface area contributed by atoms with E-state index in [4.69, 9.17) is 0 Å². The van der Waals surface area contributed by atoms with Gasteiger partial charge in [-0.2, -0.15) is 13.2 Å². The molecule has 3 aromatic rings. The van der Waals surface area contributed by atoms with Gasteiger partial charge < -0.3 is 4.98 Å². The molecule has 0 unspecified atom stereocenters. The molecule has 0 spiro atoms. The number of aromatic nitrogens is 3. The Morgan fingerprint density at radius 3 is 2.69 bits per heavy atom. The van der Waals surface area contributed by atoms with Crippen LogP contribution < -0.4 is 10.3 Å². The molecule has 142 valence electrons. The molecule has 0 aliphatic rings. The maximum absolute atomic E-state index is 12.1. The molecule has 0 amide bonds. The number of H-pyrrole nitrogens is 1. The third kappa shape index (κ3) is 3.83. The summed E-state index contributed by atoms with van der Waals surface area (Å²) in [5.74, 6) is -1.88. The average molecular weight is 390 g/mol. The molecule has 0 bridgehead atoms. The molecular weight excluding hydrogens is 373 g/mol. The van der Waals surface area contributed by atoms with Gasteiger partial charge in [-0.05, 0) is 37.8 Å². The number of nitrogens with one attached hydrogen (secondary N) is 2. The molecule has 3 aromatic heterocycles. The van der Waals surface area contributed by atoms with Gasteiger partial charge in [0.15, 0.2) is 5.75 Å². The van der Waals surface area contributed by atoms with Gasteiger partial charge in [0.1, 0.15) is 16.8 Å². The number of alkyl halides is 3. The molecule has 11 heteroatoms. The number of hydrogen-bond donors (Lipinski definition) is 2. The molecule has 3 rings (SSSR count). The Morgan fingerprint density at radius 1 is 1.27 bits per heavy atom. The summed E-state index contributed by atoms with van der Waals surface area (Å²) in [4.78, 5) is 19.1. The van der Waals surface area contributed by atoms with Crippen LogP contribution in [-0.2, 0) is 16.4 Å². The van der Waals surface area contributed by atoms with E-state index < -0.39 is 22.0 Å². The minimum Gasteiger partial charge on any atom is -0.306 e. The highest BCUT2D eigenvalue weighted by atomic mass is 32.2. The lowest BCUT2D eigenvalue weighted by atomic mass is 10.1. The van der Waals surface area contributed by atoms with Crippen LogP contribution in [0.5, 0.6) is 0 Å². The van der Waals surface area contributed by atoms with Crippen LogP contribution in [0.1, 0.15) is 24.1 Å². The van der Waals surface area contributed by atoms with Crippen LogP contribution in [0.4, 0.5) is 13.2 Å². The van der Waals surface area contributed by atoms with Gasteiger partial charge in [0.2, 0.25) is 10.0 Å². The number of imidazole rings is 2. The summed E-state index contributed by atoms with van der Waals surface area (Å²) in [5.41, 5.74) is 3.10. The van der Waals surface area contributed by atoms with E-state index in [2.05, 4.69) is 9.97 Å². The molecule has 26 heavy (non-hydrogen) atoms. The maximum atomic E-state index is 12.1. The first-order valence-corrected chi connectivity index (χ1v) is 9.59. The van der Waals surface area contributed by atoms with Gasteiger partial charge in [-0.25, -0.2) is 18.1 Å². The van der Waals surface area contributed by atoms with Crippen molar-refractivity contribution in [1.82, 2.24) is 19.1 Å². The number of unbranched alkanes of at least 4 members (excludes halogenated alkanes) is 1. The molecule has 0 aliphatic heterocycles. The Labute approximate surface area is 146 Å². The number of nitrogens with zero attached hydrogens (tertiary/aromatic N) is 2. The van der Waals surface area contributed by atoms with E-state index in [0.717, 1.165) is 5.56 Å². The van der Waals surface area contributed by atoms with E-state index in [1.54, 1.807) is 17.4 Å². The minimum absolute atomic E-state index is 0.0639. The van der Waals surface area contributed by atoms with Crippen molar-refractivity contribution in [1.29, 1.82) is 0 Å². The monoisotopic (exact) mass is 390 g/mol. The number of pyridine rings is 1. The van der Waals surface area contributed by atoms with E-state index in [1.165, 1.54) is 0 Å². The number of hydrogen-bond acceptors (Lipinski definition) is 4. The van der Waals surface area contributed by atoms with E-state index in [-0.39, 0.29) is 12.1 Å². The Balaban J connectivity index is 1.61. The summed E-state index contributed by atoms with van der Waals surface area (Å²) in [6.07, 6.45) is -3.25. The molecule has 0 aromatic carbocycles. The van der Waals surface area contributed by atoms with Gasteiger partial charge in [-0.15, -0.1) is 0 Å². The van der Waals surface area contributed by atoms with Crippen LogP contribution in [0, 0.1) is 6.92 Å². The Kier molecular flexibility index (Phi) is 4.69. The lowest BCUT2D eigenvalue weighted by Crippen LogP contribution is -2.34. The van der Waals surface area contributed by atoms with Crippen molar-refractivity contribution in [2.45, 2.75) is 32.4 Å². The van der Waals surface area contributed by atoms with Crippen LogP contribution in [0.2, 0.25) is 0 Å². The van der Waals surface area contributed by atoms with Gasteiger partial charge in [0.05, 0.1) is 5.69 Å². The fourth-order valence-corrected chi connectivity index (χ4v) is 3.97. The zero-order valence-corrected chi connectivity index (χ0v) is 14.7. The van der Waals surface area contributed by atoms with Crippen LogP contribution in [0.15, 0.2) is 16.9 Å². The van der Waals surface area contributed by atoms with Crippen LogP contribution >= 0.6 is 0 Å². The fraction of sp³-hybridized carbons (Fsp3) is 0.467. The molecule has 0 fully saturated rings. The number of rotatable bonds is 7. The third-order valence-corrected chi connectivity index (χ3v) is 5.38. The highest BCUT2D eigenvalue weighted by molar-refractivity contribution is 7.89. The summed E-state index contributed by atoms with van der Waals surface area (Å²) >= 11 is 0. The second-order valence-corrected chi connectivity index (χ2v) is 7.94. The predicted octanol–water partition coefficient (Wildman–Crippen LogP) is 1.73. The van der Waals surface area contributed by atoms with Crippen LogP contribution in [0.25, 0.3) is 16.8 Å². The highest BCUT2D eigenvalue weighted by Crippen LogP contribution is 2.20. The van der Waals surface area contributed by atoms with Gasteiger partial charge >= 0.3 is 6.18 Å². The minimum atomic E-state index is -4.76. The van der Waals surface area contributed by atoms with Crippen molar-refractivity contribution in [3.63, 3.8) is 0 Å². The SMILES string of the molecule is Cc1nc2c(CCCCNS(=O)(=O)CC(F)(F)F)ccc3[nH]c(=O)c1n32. The number of sulfonamides is 1. The Hall–Kier alpha value is -2.14. The standard InChI is InChI=1S/C15H17F3N4O3S/c1-9-12-14(23)21-11-6-5-10(13(20-9)22(11)12)4-2-3-7-19-26(24,25)8-15(16,17)18/h5-6,19H,2-4,7-8H2,1H3,(H,21,23). The normalized spacial score (nSPS) is 13.2. The van der Waals surface area contributed by atoms with Crippen molar-refractivity contribution in [2.24, 2.45) is 0 Å². The fourth-order valence-electron chi connectivity index (χ4n) is 2.98. The molecule has 0 aliphatic carbocycles. The van der Waals surface area contributed by atoms with Crippen molar-refractivity contribution in [3.05, 3.63) is 33.7 Å². The van der Waals surface area contributed by atoms with Crippen molar-refractivity contribution in [2.75, 3.05) is 12.3 Å². The first-order chi connectivity index (χ1) is 12.1. The summed E-state index contributed by atoms with van der Waals surface area (Å²) in [7, 11) is -4.36. The van der Waals surface area contributed by atoms with E-state index in [0.29, 0.717) is 41.8 Å². The summed E-state index contributed by atoms with van der Waals surface area (Å²) in [6.45, 7) is 1.68. The molecule has 0 saturated carbocycles. The van der Waals surface area contributed by atoms with E-state index in [9.17, 15) is 26.4 Å². The van der Waals surface area contributed by atoms with Gasteiger partial charge in [-0.1, -0.05) is 6.07 Å². The molecule has 0 radical (unpaired) electrons. The zero-order chi connectivity index (χ0) is 19.1. The molecule has 7 nitrogen and oxygen atoms in total. The topological polar surface area (TPSA) is 96.3 Å². The lowest BCUT2D eigenvalue weighted by Gasteiger charge is -2.09. The average Bonchev–Trinajstić information content (AvgIpc) is 3.00. The largest absolute Gasteiger partial charge is 0.404 e. The second kappa shape index (κ2) is 6.54. The van der Waals surface area contributed by atoms with Gasteiger partial charge in [0.25, 0.3) is 5.56 Å². The molecule has 0 saturated heterocycles. The van der Waals surface area contributed by atoms with Crippen molar-refractivity contribution >= 4 is 26.8 Å². The maximum Gasteiger partial charge on any atom is 0.404 e. The Morgan fingerprint density at radius 2 is 2.00 bits per heavy atom. The first-order valence-electron chi connectivity index (χ1n) is 7.94. The highest BCUT2D eigenvalue weighted by Gasteiger charge is 2.34. The summed E-state index contributed by atoms with van der Waals surface area (Å²) in [5, 5.41) is 0. The first kappa shape index (κ1) is 18.6. The van der Waals surface area contributed by atoms with Crippen LogP contribution in [-0.4, -0.2) is 41.3 Å². The molecule has 3 heterocycles. The summed E-state index contributed by atoms with van der Waals surface area (Å²) < 4.78 is 62.7.